The lowest BCUT2D eigenvalue weighted by Gasteiger charge is -2.30. The predicted octanol–water partition coefficient (Wildman–Crippen LogP) is 3.09. The van der Waals surface area contributed by atoms with Crippen molar-refractivity contribution < 1.29 is 18.6 Å². The lowest BCUT2D eigenvalue weighted by molar-refractivity contribution is 0.318. The second-order valence-corrected chi connectivity index (χ2v) is 5.41. The van der Waals surface area contributed by atoms with Gasteiger partial charge in [0.25, 0.3) is 0 Å². The first-order chi connectivity index (χ1) is 11.2. The SMILES string of the molecule is COc1cc2c(c(OC)c1OC)C(c1ccc(F)cc1)NCC2. The number of nitrogens with one attached hydrogen (secondary N) is 1. The summed E-state index contributed by atoms with van der Waals surface area (Å²) >= 11 is 0. The van der Waals surface area contributed by atoms with Crippen molar-refractivity contribution in [1.29, 1.82) is 0 Å². The van der Waals surface area contributed by atoms with E-state index in [1.165, 1.54) is 12.1 Å². The predicted molar refractivity (Wildman–Crippen MR) is 86.0 cm³/mol. The van der Waals surface area contributed by atoms with E-state index < -0.39 is 0 Å². The zero-order valence-electron chi connectivity index (χ0n) is 13.5. The van der Waals surface area contributed by atoms with Crippen molar-refractivity contribution in [3.8, 4) is 17.2 Å². The van der Waals surface area contributed by atoms with Gasteiger partial charge in [0.15, 0.2) is 11.5 Å². The van der Waals surface area contributed by atoms with Crippen LogP contribution in [0, 0.1) is 5.82 Å². The van der Waals surface area contributed by atoms with Crippen LogP contribution in [0.25, 0.3) is 0 Å². The molecule has 1 atom stereocenters. The van der Waals surface area contributed by atoms with Crippen LogP contribution < -0.4 is 19.5 Å². The first kappa shape index (κ1) is 15.6. The molecule has 0 radical (unpaired) electrons. The van der Waals surface area contributed by atoms with Crippen molar-refractivity contribution in [3.05, 3.63) is 52.8 Å². The fourth-order valence-electron chi connectivity index (χ4n) is 3.15. The van der Waals surface area contributed by atoms with Crippen LogP contribution >= 0.6 is 0 Å². The third-order valence-electron chi connectivity index (χ3n) is 4.19. The molecule has 0 spiro atoms. The van der Waals surface area contributed by atoms with Crippen molar-refractivity contribution in [1.82, 2.24) is 5.32 Å². The summed E-state index contributed by atoms with van der Waals surface area (Å²) in [5.41, 5.74) is 3.15. The molecular formula is C18H20FNO3. The van der Waals surface area contributed by atoms with E-state index in [4.69, 9.17) is 14.2 Å². The van der Waals surface area contributed by atoms with Crippen molar-refractivity contribution >= 4 is 0 Å². The van der Waals surface area contributed by atoms with Gasteiger partial charge in [-0.3, -0.25) is 0 Å². The number of ether oxygens (including phenoxy) is 3. The Hall–Kier alpha value is -2.27. The Labute approximate surface area is 135 Å². The maximum Gasteiger partial charge on any atom is 0.203 e. The molecule has 0 aromatic heterocycles. The van der Waals surface area contributed by atoms with Gasteiger partial charge in [-0.25, -0.2) is 4.39 Å². The molecule has 0 bridgehead atoms. The summed E-state index contributed by atoms with van der Waals surface area (Å²) in [5.74, 6) is 1.64. The monoisotopic (exact) mass is 317 g/mol. The van der Waals surface area contributed by atoms with Gasteiger partial charge in [-0.15, -0.1) is 0 Å². The number of benzene rings is 2. The molecule has 0 saturated heterocycles. The standard InChI is InChI=1S/C18H20FNO3/c1-21-14-10-12-8-9-20-16(11-4-6-13(19)7-5-11)15(12)18(23-3)17(14)22-2/h4-7,10,16,20H,8-9H2,1-3H3. The topological polar surface area (TPSA) is 39.7 Å². The molecule has 1 aliphatic heterocycles. The Balaban J connectivity index is 2.18. The van der Waals surface area contributed by atoms with Crippen LogP contribution in [0.1, 0.15) is 22.7 Å². The number of halogens is 1. The lowest BCUT2D eigenvalue weighted by atomic mass is 9.88. The molecule has 5 heteroatoms. The molecule has 0 aliphatic carbocycles. The highest BCUT2D eigenvalue weighted by Gasteiger charge is 2.29. The molecule has 0 fully saturated rings. The second kappa shape index (κ2) is 6.46. The van der Waals surface area contributed by atoms with E-state index in [9.17, 15) is 4.39 Å². The summed E-state index contributed by atoms with van der Waals surface area (Å²) in [7, 11) is 4.83. The average Bonchev–Trinajstić information content (AvgIpc) is 2.60. The minimum Gasteiger partial charge on any atom is -0.493 e. The second-order valence-electron chi connectivity index (χ2n) is 5.41. The summed E-state index contributed by atoms with van der Waals surface area (Å²) in [6.07, 6.45) is 0.865. The Kier molecular flexibility index (Phi) is 4.39. The summed E-state index contributed by atoms with van der Waals surface area (Å²) in [6.45, 7) is 0.827. The molecule has 0 amide bonds. The summed E-state index contributed by atoms with van der Waals surface area (Å²) in [4.78, 5) is 0. The zero-order chi connectivity index (χ0) is 16.4. The van der Waals surface area contributed by atoms with Crippen molar-refractivity contribution in [2.75, 3.05) is 27.9 Å². The van der Waals surface area contributed by atoms with E-state index in [-0.39, 0.29) is 11.9 Å². The van der Waals surface area contributed by atoms with Crippen LogP contribution in [0.2, 0.25) is 0 Å². The highest BCUT2D eigenvalue weighted by atomic mass is 19.1. The smallest absolute Gasteiger partial charge is 0.203 e. The Bertz CT molecular complexity index is 700. The molecule has 0 saturated carbocycles. The van der Waals surface area contributed by atoms with E-state index in [0.717, 1.165) is 29.7 Å². The normalized spacial score (nSPS) is 16.6. The summed E-state index contributed by atoms with van der Waals surface area (Å²) in [5, 5.41) is 3.48. The van der Waals surface area contributed by atoms with Crippen molar-refractivity contribution in [3.63, 3.8) is 0 Å². The number of fused-ring (bicyclic) bond motifs is 1. The van der Waals surface area contributed by atoms with E-state index >= 15 is 0 Å². The van der Waals surface area contributed by atoms with E-state index in [1.54, 1.807) is 33.5 Å². The van der Waals surface area contributed by atoms with Gasteiger partial charge in [-0.05, 0) is 35.7 Å². The van der Waals surface area contributed by atoms with Crippen LogP contribution in [0.5, 0.6) is 17.2 Å². The Morgan fingerprint density at radius 1 is 1.00 bits per heavy atom. The molecule has 2 aromatic rings. The maximum absolute atomic E-state index is 13.2. The third kappa shape index (κ3) is 2.72. The van der Waals surface area contributed by atoms with Gasteiger partial charge < -0.3 is 19.5 Å². The molecule has 122 valence electrons. The van der Waals surface area contributed by atoms with Gasteiger partial charge in [0.2, 0.25) is 5.75 Å². The van der Waals surface area contributed by atoms with Crippen LogP contribution in [-0.2, 0) is 6.42 Å². The number of rotatable bonds is 4. The molecule has 1 unspecified atom stereocenters. The molecule has 1 N–H and O–H groups in total. The molecule has 23 heavy (non-hydrogen) atoms. The average molecular weight is 317 g/mol. The fourth-order valence-corrected chi connectivity index (χ4v) is 3.15. The first-order valence-corrected chi connectivity index (χ1v) is 7.50. The van der Waals surface area contributed by atoms with Crippen molar-refractivity contribution in [2.45, 2.75) is 12.5 Å². The minimum atomic E-state index is -0.246. The molecule has 1 aliphatic rings. The largest absolute Gasteiger partial charge is 0.493 e. The Morgan fingerprint density at radius 3 is 2.30 bits per heavy atom. The van der Waals surface area contributed by atoms with Crippen LogP contribution in [0.4, 0.5) is 4.39 Å². The van der Waals surface area contributed by atoms with E-state index in [2.05, 4.69) is 5.32 Å². The summed E-state index contributed by atoms with van der Waals surface area (Å²) in [6, 6.07) is 8.44. The molecular weight excluding hydrogens is 297 g/mol. The quantitative estimate of drug-likeness (QED) is 0.941. The van der Waals surface area contributed by atoms with Gasteiger partial charge in [0.05, 0.1) is 27.4 Å². The summed E-state index contributed by atoms with van der Waals surface area (Å²) < 4.78 is 29.8. The molecule has 2 aromatic carbocycles. The van der Waals surface area contributed by atoms with Gasteiger partial charge in [0, 0.05) is 12.1 Å². The highest BCUT2D eigenvalue weighted by molar-refractivity contribution is 5.62. The minimum absolute atomic E-state index is 0.0749. The van der Waals surface area contributed by atoms with Crippen LogP contribution in [0.3, 0.4) is 0 Å². The van der Waals surface area contributed by atoms with E-state index in [0.29, 0.717) is 17.2 Å². The third-order valence-corrected chi connectivity index (χ3v) is 4.19. The zero-order valence-corrected chi connectivity index (χ0v) is 13.5. The Morgan fingerprint density at radius 2 is 1.70 bits per heavy atom. The van der Waals surface area contributed by atoms with E-state index in [1.807, 2.05) is 6.07 Å². The molecule has 3 rings (SSSR count). The van der Waals surface area contributed by atoms with Crippen LogP contribution in [-0.4, -0.2) is 27.9 Å². The van der Waals surface area contributed by atoms with Crippen LogP contribution in [0.15, 0.2) is 30.3 Å². The number of hydrogen-bond donors (Lipinski definition) is 1. The highest BCUT2D eigenvalue weighted by Crippen LogP contribution is 2.46. The van der Waals surface area contributed by atoms with Gasteiger partial charge >= 0.3 is 0 Å². The lowest BCUT2D eigenvalue weighted by Crippen LogP contribution is -2.31. The van der Waals surface area contributed by atoms with Crippen molar-refractivity contribution in [2.24, 2.45) is 0 Å². The number of hydrogen-bond acceptors (Lipinski definition) is 4. The molecule has 1 heterocycles. The maximum atomic E-state index is 13.2. The van der Waals surface area contributed by atoms with Gasteiger partial charge in [-0.1, -0.05) is 12.1 Å². The van der Waals surface area contributed by atoms with Gasteiger partial charge in [0.1, 0.15) is 5.82 Å². The number of methoxy groups -OCH3 is 3. The van der Waals surface area contributed by atoms with Gasteiger partial charge in [-0.2, -0.15) is 0 Å². The molecule has 4 nitrogen and oxygen atoms in total. The first-order valence-electron chi connectivity index (χ1n) is 7.50. The fraction of sp³-hybridized carbons (Fsp3) is 0.333.